The second-order valence-corrected chi connectivity index (χ2v) is 8.83. The van der Waals surface area contributed by atoms with E-state index in [0.717, 1.165) is 35.5 Å². The summed E-state index contributed by atoms with van der Waals surface area (Å²) in [5, 5.41) is 7.68. The molecule has 0 aliphatic heterocycles. The van der Waals surface area contributed by atoms with Crippen molar-refractivity contribution in [3.8, 4) is 0 Å². The van der Waals surface area contributed by atoms with Gasteiger partial charge in [0.1, 0.15) is 5.00 Å². The van der Waals surface area contributed by atoms with E-state index in [1.165, 1.54) is 21.3 Å². The molecule has 0 saturated heterocycles. The molecule has 2 aromatic rings. The third kappa shape index (κ3) is 4.75. The number of nitrogens with one attached hydrogen (secondary N) is 2. The van der Waals surface area contributed by atoms with E-state index < -0.39 is 0 Å². The van der Waals surface area contributed by atoms with Crippen LogP contribution >= 0.6 is 46.1 Å². The van der Waals surface area contributed by atoms with E-state index in [4.69, 9.17) is 17.0 Å². The first-order valence-corrected chi connectivity index (χ1v) is 11.0. The van der Waals surface area contributed by atoms with Crippen molar-refractivity contribution < 1.29 is 9.53 Å². The molecule has 1 aromatic heterocycles. The first kappa shape index (κ1) is 19.6. The van der Waals surface area contributed by atoms with Gasteiger partial charge in [0.15, 0.2) is 5.11 Å². The summed E-state index contributed by atoms with van der Waals surface area (Å²) in [5.74, 6) is -0.258. The molecule has 1 aliphatic rings. The average Bonchev–Trinajstić information content (AvgIpc) is 2.78. The molecule has 0 bridgehead atoms. The molecule has 1 aliphatic carbocycles. The number of rotatable bonds is 4. The molecule has 138 valence electrons. The molecule has 0 unspecified atom stereocenters. The summed E-state index contributed by atoms with van der Waals surface area (Å²) in [6.07, 6.45) is 5.44. The van der Waals surface area contributed by atoms with Gasteiger partial charge in [-0.3, -0.25) is 0 Å². The predicted octanol–water partition coefficient (Wildman–Crippen LogP) is 5.61. The van der Waals surface area contributed by atoms with Gasteiger partial charge >= 0.3 is 5.97 Å². The van der Waals surface area contributed by atoms with Gasteiger partial charge in [-0.05, 0) is 97.2 Å². The Morgan fingerprint density at radius 2 is 1.92 bits per heavy atom. The zero-order valence-corrected chi connectivity index (χ0v) is 18.4. The summed E-state index contributed by atoms with van der Waals surface area (Å²) < 4.78 is 6.48. The number of ether oxygens (including phenoxy) is 1. The molecule has 2 N–H and O–H groups in total. The van der Waals surface area contributed by atoms with Crippen LogP contribution in [0.2, 0.25) is 0 Å². The number of carbonyl (C=O) groups is 1. The summed E-state index contributed by atoms with van der Waals surface area (Å²) in [6.45, 7) is 2.20. The SMILES string of the molecule is CCOC(=O)c1c(NC(=S)Nc2ccc(I)cc2)sc2c1CCCCC2. The second kappa shape index (κ2) is 9.14. The summed E-state index contributed by atoms with van der Waals surface area (Å²) in [5.41, 5.74) is 2.73. The highest BCUT2D eigenvalue weighted by Gasteiger charge is 2.26. The summed E-state index contributed by atoms with van der Waals surface area (Å²) >= 11 is 9.36. The Morgan fingerprint density at radius 1 is 1.19 bits per heavy atom. The number of thiophene rings is 1. The van der Waals surface area contributed by atoms with Gasteiger partial charge in [0, 0.05) is 14.1 Å². The topological polar surface area (TPSA) is 50.4 Å². The summed E-state index contributed by atoms with van der Waals surface area (Å²) in [6, 6.07) is 7.99. The highest BCUT2D eigenvalue weighted by molar-refractivity contribution is 14.1. The number of fused-ring (bicyclic) bond motifs is 1. The smallest absolute Gasteiger partial charge is 0.341 e. The molecular weight excluding hydrogens is 479 g/mol. The van der Waals surface area contributed by atoms with Gasteiger partial charge < -0.3 is 15.4 Å². The van der Waals surface area contributed by atoms with Crippen molar-refractivity contribution in [1.82, 2.24) is 0 Å². The van der Waals surface area contributed by atoms with Crippen molar-refractivity contribution in [2.75, 3.05) is 17.2 Å². The van der Waals surface area contributed by atoms with E-state index in [9.17, 15) is 4.79 Å². The maximum absolute atomic E-state index is 12.6. The van der Waals surface area contributed by atoms with Gasteiger partial charge in [-0.25, -0.2) is 4.79 Å². The standard InChI is InChI=1S/C19H21IN2O2S2/c1-2-24-18(23)16-14-6-4-3-5-7-15(14)26-17(16)22-19(25)21-13-10-8-12(20)9-11-13/h8-11H,2-7H2,1H3,(H2,21,22,25). The Kier molecular flexibility index (Phi) is 6.88. The van der Waals surface area contributed by atoms with Crippen LogP contribution in [-0.2, 0) is 17.6 Å². The van der Waals surface area contributed by atoms with Crippen molar-refractivity contribution in [3.63, 3.8) is 0 Å². The van der Waals surface area contributed by atoms with E-state index in [0.29, 0.717) is 17.3 Å². The third-order valence-electron chi connectivity index (χ3n) is 4.23. The number of hydrogen-bond acceptors (Lipinski definition) is 4. The highest BCUT2D eigenvalue weighted by atomic mass is 127. The fourth-order valence-electron chi connectivity index (χ4n) is 3.05. The number of aryl methyl sites for hydroxylation is 1. The van der Waals surface area contributed by atoms with Crippen LogP contribution in [0.1, 0.15) is 47.0 Å². The molecule has 0 spiro atoms. The van der Waals surface area contributed by atoms with Crippen molar-refractivity contribution in [2.24, 2.45) is 0 Å². The number of benzene rings is 1. The zero-order chi connectivity index (χ0) is 18.5. The predicted molar refractivity (Wildman–Crippen MR) is 121 cm³/mol. The quantitative estimate of drug-likeness (QED) is 0.248. The average molecular weight is 500 g/mol. The molecule has 7 heteroatoms. The number of thiocarbonyl (C=S) groups is 1. The van der Waals surface area contributed by atoms with Crippen LogP contribution in [0.25, 0.3) is 0 Å². The molecule has 26 heavy (non-hydrogen) atoms. The van der Waals surface area contributed by atoms with E-state index >= 15 is 0 Å². The Hall–Kier alpha value is -1.19. The maximum Gasteiger partial charge on any atom is 0.341 e. The van der Waals surface area contributed by atoms with Crippen LogP contribution in [0.4, 0.5) is 10.7 Å². The Morgan fingerprint density at radius 3 is 2.65 bits per heavy atom. The fraction of sp³-hybridized carbons (Fsp3) is 0.368. The van der Waals surface area contributed by atoms with E-state index in [-0.39, 0.29) is 5.97 Å². The van der Waals surface area contributed by atoms with Gasteiger partial charge in [0.05, 0.1) is 12.2 Å². The number of anilines is 2. The minimum Gasteiger partial charge on any atom is -0.462 e. The number of carbonyl (C=O) groups excluding carboxylic acids is 1. The van der Waals surface area contributed by atoms with Crippen molar-refractivity contribution in [3.05, 3.63) is 43.8 Å². The largest absolute Gasteiger partial charge is 0.462 e. The van der Waals surface area contributed by atoms with Crippen LogP contribution in [0.5, 0.6) is 0 Å². The van der Waals surface area contributed by atoms with Gasteiger partial charge in [-0.1, -0.05) is 6.42 Å². The van der Waals surface area contributed by atoms with Crippen molar-refractivity contribution in [1.29, 1.82) is 0 Å². The Balaban J connectivity index is 1.82. The summed E-state index contributed by atoms with van der Waals surface area (Å²) in [7, 11) is 0. The van der Waals surface area contributed by atoms with Crippen LogP contribution in [-0.4, -0.2) is 17.7 Å². The first-order valence-electron chi connectivity index (χ1n) is 8.73. The number of halogens is 1. The normalized spacial score (nSPS) is 13.5. The minimum atomic E-state index is -0.258. The molecule has 1 aromatic carbocycles. The van der Waals surface area contributed by atoms with E-state index in [2.05, 4.69) is 33.2 Å². The molecule has 1 heterocycles. The van der Waals surface area contributed by atoms with Crippen molar-refractivity contribution in [2.45, 2.75) is 39.0 Å². The van der Waals surface area contributed by atoms with Gasteiger partial charge in [0.25, 0.3) is 0 Å². The van der Waals surface area contributed by atoms with Crippen LogP contribution in [0, 0.1) is 3.57 Å². The monoisotopic (exact) mass is 500 g/mol. The Bertz CT molecular complexity index is 803. The first-order chi connectivity index (χ1) is 12.6. The molecule has 0 radical (unpaired) electrons. The lowest BCUT2D eigenvalue weighted by Crippen LogP contribution is -2.20. The minimum absolute atomic E-state index is 0.258. The lowest BCUT2D eigenvalue weighted by atomic mass is 10.1. The third-order valence-corrected chi connectivity index (χ3v) is 6.36. The van der Waals surface area contributed by atoms with E-state index in [1.54, 1.807) is 11.3 Å². The van der Waals surface area contributed by atoms with Crippen LogP contribution in [0.3, 0.4) is 0 Å². The molecule has 4 nitrogen and oxygen atoms in total. The molecular formula is C19H21IN2O2S2. The fourth-order valence-corrected chi connectivity index (χ4v) is 4.97. The van der Waals surface area contributed by atoms with Gasteiger partial charge in [-0.15, -0.1) is 11.3 Å². The lowest BCUT2D eigenvalue weighted by Gasteiger charge is -2.11. The molecule has 0 atom stereocenters. The van der Waals surface area contributed by atoms with Gasteiger partial charge in [-0.2, -0.15) is 0 Å². The molecule has 0 fully saturated rings. The zero-order valence-electron chi connectivity index (χ0n) is 14.6. The second-order valence-electron chi connectivity index (χ2n) is 6.08. The van der Waals surface area contributed by atoms with E-state index in [1.807, 2.05) is 31.2 Å². The summed E-state index contributed by atoms with van der Waals surface area (Å²) in [4.78, 5) is 13.9. The molecule has 3 rings (SSSR count). The highest BCUT2D eigenvalue weighted by Crippen LogP contribution is 2.38. The molecule has 0 saturated carbocycles. The van der Waals surface area contributed by atoms with Gasteiger partial charge in [0.2, 0.25) is 0 Å². The lowest BCUT2D eigenvalue weighted by molar-refractivity contribution is 0.0527. The van der Waals surface area contributed by atoms with Crippen LogP contribution in [0.15, 0.2) is 24.3 Å². The molecule has 0 amide bonds. The number of hydrogen-bond donors (Lipinski definition) is 2. The van der Waals surface area contributed by atoms with Crippen molar-refractivity contribution >= 4 is 67.9 Å². The number of esters is 1. The Labute approximate surface area is 176 Å². The van der Waals surface area contributed by atoms with Crippen LogP contribution < -0.4 is 10.6 Å². The maximum atomic E-state index is 12.6.